The Morgan fingerprint density at radius 2 is 2.38 bits per heavy atom. The van der Waals surface area contributed by atoms with Crippen molar-refractivity contribution >= 4 is 11.8 Å². The minimum absolute atomic E-state index is 0.258. The molecule has 6 heteroatoms. The fourth-order valence-corrected chi connectivity index (χ4v) is 1.20. The van der Waals surface area contributed by atoms with Crippen molar-refractivity contribution in [2.24, 2.45) is 0 Å². The van der Waals surface area contributed by atoms with Crippen LogP contribution in [-0.4, -0.2) is 28.6 Å². The number of H-pyrrole nitrogens is 1. The Morgan fingerprint density at radius 1 is 1.69 bits per heavy atom. The average Bonchev–Trinajstić information content (AvgIpc) is 2.16. The van der Waals surface area contributed by atoms with Crippen LogP contribution in [0.5, 0.6) is 0 Å². The molecule has 0 spiro atoms. The van der Waals surface area contributed by atoms with Crippen molar-refractivity contribution < 1.29 is 9.53 Å². The van der Waals surface area contributed by atoms with E-state index in [-0.39, 0.29) is 11.5 Å². The van der Waals surface area contributed by atoms with Gasteiger partial charge in [0, 0.05) is 6.07 Å². The Bertz CT molecular complexity index is 428. The summed E-state index contributed by atoms with van der Waals surface area (Å²) in [6, 6.07) is 0.761. The third-order valence-corrected chi connectivity index (χ3v) is 1.86. The summed E-state index contributed by atoms with van der Waals surface area (Å²) in [6.45, 7) is 5.38. The zero-order valence-electron chi connectivity index (χ0n) is 9.53. The third kappa shape index (κ3) is 3.38. The number of hydrogen-bond acceptors (Lipinski definition) is 5. The van der Waals surface area contributed by atoms with Crippen LogP contribution in [0.1, 0.15) is 19.7 Å². The lowest BCUT2D eigenvalue weighted by atomic mass is 10.3. The van der Waals surface area contributed by atoms with E-state index < -0.39 is 6.04 Å². The van der Waals surface area contributed by atoms with Crippen LogP contribution in [0.25, 0.3) is 0 Å². The Kier molecular flexibility index (Phi) is 4.04. The highest BCUT2D eigenvalue weighted by Crippen LogP contribution is 2.02. The molecule has 0 fully saturated rings. The monoisotopic (exact) mass is 225 g/mol. The first-order valence-corrected chi connectivity index (χ1v) is 5.04. The van der Waals surface area contributed by atoms with Crippen LogP contribution in [0.4, 0.5) is 5.82 Å². The molecule has 16 heavy (non-hydrogen) atoms. The zero-order valence-corrected chi connectivity index (χ0v) is 9.53. The average molecular weight is 225 g/mol. The highest BCUT2D eigenvalue weighted by molar-refractivity contribution is 5.78. The summed E-state index contributed by atoms with van der Waals surface area (Å²) in [5, 5.41) is 2.80. The lowest BCUT2D eigenvalue weighted by molar-refractivity contribution is -0.143. The van der Waals surface area contributed by atoms with Gasteiger partial charge >= 0.3 is 5.97 Å². The smallest absolute Gasteiger partial charge is 0.328 e. The minimum atomic E-state index is -0.534. The number of nitrogens with zero attached hydrogens (tertiary/aromatic N) is 1. The number of rotatable bonds is 4. The van der Waals surface area contributed by atoms with Gasteiger partial charge in [-0.3, -0.25) is 4.79 Å². The molecule has 0 saturated heterocycles. The van der Waals surface area contributed by atoms with Gasteiger partial charge in [0.15, 0.2) is 0 Å². The number of anilines is 1. The molecular weight excluding hydrogens is 210 g/mol. The third-order valence-electron chi connectivity index (χ3n) is 1.86. The molecule has 1 rings (SSSR count). The van der Waals surface area contributed by atoms with Crippen LogP contribution in [-0.2, 0) is 9.53 Å². The maximum absolute atomic E-state index is 11.3. The van der Waals surface area contributed by atoms with Gasteiger partial charge in [0.05, 0.1) is 6.61 Å². The molecule has 1 heterocycles. The van der Waals surface area contributed by atoms with Gasteiger partial charge in [-0.15, -0.1) is 0 Å². The highest BCUT2D eigenvalue weighted by Gasteiger charge is 2.14. The Morgan fingerprint density at radius 3 is 2.94 bits per heavy atom. The molecule has 1 aromatic rings. The molecular formula is C10H15N3O3. The summed E-state index contributed by atoms with van der Waals surface area (Å²) in [7, 11) is 0. The zero-order chi connectivity index (χ0) is 12.1. The molecule has 0 radical (unpaired) electrons. The van der Waals surface area contributed by atoms with Gasteiger partial charge in [-0.2, -0.15) is 0 Å². The van der Waals surface area contributed by atoms with Crippen molar-refractivity contribution in [2.45, 2.75) is 26.8 Å². The number of carbonyl (C=O) groups is 1. The predicted octanol–water partition coefficient (Wildman–Crippen LogP) is 0.442. The van der Waals surface area contributed by atoms with Crippen LogP contribution >= 0.6 is 0 Å². The molecule has 2 N–H and O–H groups in total. The van der Waals surface area contributed by atoms with Gasteiger partial charge in [0.25, 0.3) is 5.56 Å². The van der Waals surface area contributed by atoms with Gasteiger partial charge in [-0.1, -0.05) is 0 Å². The molecule has 0 aliphatic heterocycles. The number of ether oxygens (including phenoxy) is 1. The molecule has 6 nitrogen and oxygen atoms in total. The number of aryl methyl sites for hydroxylation is 1. The largest absolute Gasteiger partial charge is 0.464 e. The maximum atomic E-state index is 11.3. The van der Waals surface area contributed by atoms with Crippen LogP contribution in [0.3, 0.4) is 0 Å². The van der Waals surface area contributed by atoms with Crippen molar-refractivity contribution in [1.29, 1.82) is 0 Å². The van der Waals surface area contributed by atoms with Crippen LogP contribution in [0.2, 0.25) is 0 Å². The standard InChI is InChI=1S/C10H15N3O3/c1-4-16-10(15)6(2)11-8-5-9(14)13-7(3)12-8/h5-6H,4H2,1-3H3,(H2,11,12,13,14). The van der Waals surface area contributed by atoms with E-state index in [0.717, 1.165) is 0 Å². The lowest BCUT2D eigenvalue weighted by Crippen LogP contribution is -2.29. The van der Waals surface area contributed by atoms with Crippen molar-refractivity contribution in [3.8, 4) is 0 Å². The molecule has 0 bridgehead atoms. The Labute approximate surface area is 93.0 Å². The number of esters is 1. The second-order valence-corrected chi connectivity index (χ2v) is 3.33. The highest BCUT2D eigenvalue weighted by atomic mass is 16.5. The maximum Gasteiger partial charge on any atom is 0.328 e. The van der Waals surface area contributed by atoms with E-state index in [1.807, 2.05) is 0 Å². The number of hydrogen-bond donors (Lipinski definition) is 2. The normalized spacial score (nSPS) is 11.9. The first-order chi connectivity index (χ1) is 7.52. The van der Waals surface area contributed by atoms with Gasteiger partial charge in [0.1, 0.15) is 17.7 Å². The van der Waals surface area contributed by atoms with E-state index in [4.69, 9.17) is 4.74 Å². The predicted molar refractivity (Wildman–Crippen MR) is 59.3 cm³/mol. The summed E-state index contributed by atoms with van der Waals surface area (Å²) in [6.07, 6.45) is 0. The van der Waals surface area contributed by atoms with Crippen molar-refractivity contribution in [1.82, 2.24) is 9.97 Å². The summed E-state index contributed by atoms with van der Waals surface area (Å²) >= 11 is 0. The summed E-state index contributed by atoms with van der Waals surface area (Å²) in [5.41, 5.74) is -0.258. The molecule has 1 aromatic heterocycles. The SMILES string of the molecule is CCOC(=O)C(C)Nc1cc(=O)[nH]c(C)n1. The van der Waals surface area contributed by atoms with Crippen LogP contribution in [0, 0.1) is 6.92 Å². The summed E-state index contributed by atoms with van der Waals surface area (Å²) < 4.78 is 4.82. The second-order valence-electron chi connectivity index (χ2n) is 3.33. The van der Waals surface area contributed by atoms with Gasteiger partial charge in [0.2, 0.25) is 0 Å². The molecule has 0 aliphatic rings. The number of aromatic nitrogens is 2. The molecule has 1 unspecified atom stereocenters. The van der Waals surface area contributed by atoms with Crippen molar-refractivity contribution in [3.63, 3.8) is 0 Å². The molecule has 0 aromatic carbocycles. The van der Waals surface area contributed by atoms with Gasteiger partial charge in [-0.25, -0.2) is 9.78 Å². The topological polar surface area (TPSA) is 84.1 Å². The second kappa shape index (κ2) is 5.29. The molecule has 0 saturated carbocycles. The van der Waals surface area contributed by atoms with E-state index in [9.17, 15) is 9.59 Å². The number of aromatic amines is 1. The van der Waals surface area contributed by atoms with E-state index in [1.165, 1.54) is 6.07 Å². The van der Waals surface area contributed by atoms with Crippen LogP contribution < -0.4 is 10.9 Å². The molecule has 88 valence electrons. The molecule has 0 amide bonds. The minimum Gasteiger partial charge on any atom is -0.464 e. The van der Waals surface area contributed by atoms with E-state index >= 15 is 0 Å². The first-order valence-electron chi connectivity index (χ1n) is 5.04. The first kappa shape index (κ1) is 12.2. The summed E-state index contributed by atoms with van der Waals surface area (Å²) in [5.74, 6) is 0.482. The fourth-order valence-electron chi connectivity index (χ4n) is 1.20. The Hall–Kier alpha value is -1.85. The van der Waals surface area contributed by atoms with E-state index in [2.05, 4.69) is 15.3 Å². The molecule has 1 atom stereocenters. The number of carbonyl (C=O) groups excluding carboxylic acids is 1. The fraction of sp³-hybridized carbons (Fsp3) is 0.500. The lowest BCUT2D eigenvalue weighted by Gasteiger charge is -2.12. The van der Waals surface area contributed by atoms with E-state index in [0.29, 0.717) is 18.2 Å². The Balaban J connectivity index is 2.72. The quantitative estimate of drug-likeness (QED) is 0.726. The van der Waals surface area contributed by atoms with E-state index in [1.54, 1.807) is 20.8 Å². The van der Waals surface area contributed by atoms with Gasteiger partial charge in [-0.05, 0) is 20.8 Å². The van der Waals surface area contributed by atoms with Crippen LogP contribution in [0.15, 0.2) is 10.9 Å². The van der Waals surface area contributed by atoms with Crippen molar-refractivity contribution in [3.05, 3.63) is 22.2 Å². The van der Waals surface area contributed by atoms with Gasteiger partial charge < -0.3 is 15.0 Å². The number of nitrogens with one attached hydrogen (secondary N) is 2. The van der Waals surface area contributed by atoms with Crippen molar-refractivity contribution in [2.75, 3.05) is 11.9 Å². The summed E-state index contributed by atoms with van der Waals surface area (Å²) in [4.78, 5) is 29.0. The molecule has 0 aliphatic carbocycles.